The van der Waals surface area contributed by atoms with Crippen molar-refractivity contribution in [1.82, 2.24) is 15.5 Å². The molecule has 18 heavy (non-hydrogen) atoms. The summed E-state index contributed by atoms with van der Waals surface area (Å²) in [6.45, 7) is 6.93. The second kappa shape index (κ2) is 5.46. The summed E-state index contributed by atoms with van der Waals surface area (Å²) in [6.07, 6.45) is 0. The first-order chi connectivity index (χ1) is 8.63. The fourth-order valence-corrected chi connectivity index (χ4v) is 2.72. The maximum atomic E-state index is 9.71. The summed E-state index contributed by atoms with van der Waals surface area (Å²) in [5.74, 6) is 0.295. The molecule has 5 heteroatoms. The molecule has 1 atom stereocenters. The van der Waals surface area contributed by atoms with E-state index in [1.165, 1.54) is 0 Å². The van der Waals surface area contributed by atoms with Crippen LogP contribution in [0.1, 0.15) is 30.5 Å². The summed E-state index contributed by atoms with van der Waals surface area (Å²) in [5, 5.41) is 23.2. The van der Waals surface area contributed by atoms with Gasteiger partial charge in [0, 0.05) is 11.1 Å². The van der Waals surface area contributed by atoms with E-state index < -0.39 is 0 Å². The number of rotatable bonds is 4. The minimum absolute atomic E-state index is 0.207. The maximum absolute atomic E-state index is 9.71. The smallest absolute Gasteiger partial charge is 0.148 e. The van der Waals surface area contributed by atoms with Crippen molar-refractivity contribution < 1.29 is 5.11 Å². The van der Waals surface area contributed by atoms with E-state index in [1.54, 1.807) is 17.4 Å². The average molecular weight is 263 g/mol. The van der Waals surface area contributed by atoms with E-state index in [2.05, 4.69) is 29.4 Å². The van der Waals surface area contributed by atoms with Crippen LogP contribution in [0.2, 0.25) is 0 Å². The molecule has 0 radical (unpaired) electrons. The Bertz CT molecular complexity index is 539. The number of phenolic OH excluding ortho intramolecular Hbond substituents is 1. The molecule has 4 nitrogen and oxygen atoms in total. The topological polar surface area (TPSA) is 58.0 Å². The molecular weight excluding hydrogens is 246 g/mol. The number of aromatic hydroxyl groups is 1. The highest BCUT2D eigenvalue weighted by molar-refractivity contribution is 7.14. The van der Waals surface area contributed by atoms with Crippen molar-refractivity contribution in [3.05, 3.63) is 28.8 Å². The number of hydrogen-bond acceptors (Lipinski definition) is 5. The van der Waals surface area contributed by atoms with Crippen LogP contribution < -0.4 is 5.32 Å². The molecule has 0 saturated heterocycles. The van der Waals surface area contributed by atoms with Gasteiger partial charge in [-0.1, -0.05) is 30.4 Å². The van der Waals surface area contributed by atoms with Crippen LogP contribution in [0.5, 0.6) is 5.75 Å². The summed E-state index contributed by atoms with van der Waals surface area (Å²) in [6, 6.07) is 5.67. The van der Waals surface area contributed by atoms with E-state index in [-0.39, 0.29) is 6.04 Å². The van der Waals surface area contributed by atoms with Gasteiger partial charge in [-0.15, -0.1) is 10.2 Å². The molecule has 0 saturated carbocycles. The molecule has 1 heterocycles. The third-order valence-electron chi connectivity index (χ3n) is 2.86. The Hall–Kier alpha value is -1.46. The van der Waals surface area contributed by atoms with Gasteiger partial charge in [0.25, 0.3) is 0 Å². The van der Waals surface area contributed by atoms with Gasteiger partial charge in [0.15, 0.2) is 0 Å². The van der Waals surface area contributed by atoms with Crippen molar-refractivity contribution in [1.29, 1.82) is 0 Å². The van der Waals surface area contributed by atoms with Crippen LogP contribution in [0.4, 0.5) is 0 Å². The molecule has 1 unspecified atom stereocenters. The molecule has 0 fully saturated rings. The molecule has 96 valence electrons. The number of nitrogens with zero attached hydrogens (tertiary/aromatic N) is 2. The van der Waals surface area contributed by atoms with E-state index in [0.29, 0.717) is 5.75 Å². The van der Waals surface area contributed by atoms with Gasteiger partial charge >= 0.3 is 0 Å². The highest BCUT2D eigenvalue weighted by Gasteiger charge is 2.14. The van der Waals surface area contributed by atoms with Gasteiger partial charge < -0.3 is 10.4 Å². The lowest BCUT2D eigenvalue weighted by molar-refractivity contribution is 0.471. The van der Waals surface area contributed by atoms with Crippen LogP contribution >= 0.6 is 11.3 Å². The number of nitrogens with one attached hydrogen (secondary N) is 1. The number of benzene rings is 1. The van der Waals surface area contributed by atoms with Crippen molar-refractivity contribution in [2.24, 2.45) is 0 Å². The highest BCUT2D eigenvalue weighted by atomic mass is 32.1. The van der Waals surface area contributed by atoms with Crippen LogP contribution in [-0.4, -0.2) is 21.8 Å². The Morgan fingerprint density at radius 2 is 2.17 bits per heavy atom. The molecule has 0 amide bonds. The predicted molar refractivity (Wildman–Crippen MR) is 73.8 cm³/mol. The summed E-state index contributed by atoms with van der Waals surface area (Å²) in [4.78, 5) is 0. The SMILES string of the molecule is CCNC(C)c1nnc(-c2cccc(O)c2C)s1. The van der Waals surface area contributed by atoms with Gasteiger partial charge in [-0.2, -0.15) is 0 Å². The van der Waals surface area contributed by atoms with E-state index in [4.69, 9.17) is 0 Å². The van der Waals surface area contributed by atoms with Crippen LogP contribution in [-0.2, 0) is 0 Å². The molecule has 0 spiro atoms. The monoisotopic (exact) mass is 263 g/mol. The lowest BCUT2D eigenvalue weighted by Crippen LogP contribution is -2.17. The Labute approximate surface area is 111 Å². The number of hydrogen-bond donors (Lipinski definition) is 2. The van der Waals surface area contributed by atoms with Gasteiger partial charge in [-0.05, 0) is 26.5 Å². The zero-order valence-corrected chi connectivity index (χ0v) is 11.6. The Morgan fingerprint density at radius 3 is 2.89 bits per heavy atom. The van der Waals surface area contributed by atoms with Crippen LogP contribution in [0.15, 0.2) is 18.2 Å². The zero-order chi connectivity index (χ0) is 13.1. The molecule has 2 N–H and O–H groups in total. The predicted octanol–water partition coefficient (Wildman–Crippen LogP) is 2.89. The van der Waals surface area contributed by atoms with Crippen molar-refractivity contribution >= 4 is 11.3 Å². The molecule has 1 aromatic carbocycles. The van der Waals surface area contributed by atoms with Crippen molar-refractivity contribution in [3.63, 3.8) is 0 Å². The third-order valence-corrected chi connectivity index (χ3v) is 4.00. The quantitative estimate of drug-likeness (QED) is 0.890. The van der Waals surface area contributed by atoms with E-state index in [1.807, 2.05) is 19.1 Å². The lowest BCUT2D eigenvalue weighted by Gasteiger charge is -2.06. The zero-order valence-electron chi connectivity index (χ0n) is 10.8. The third kappa shape index (κ3) is 2.52. The van der Waals surface area contributed by atoms with Gasteiger partial charge in [0.2, 0.25) is 0 Å². The van der Waals surface area contributed by atoms with E-state index in [0.717, 1.165) is 27.7 Å². The second-order valence-corrected chi connectivity index (χ2v) is 5.18. The summed E-state index contributed by atoms with van der Waals surface area (Å²) < 4.78 is 0. The summed E-state index contributed by atoms with van der Waals surface area (Å²) in [7, 11) is 0. The van der Waals surface area contributed by atoms with Gasteiger partial charge in [0.05, 0.1) is 6.04 Å². The van der Waals surface area contributed by atoms with Crippen molar-refractivity contribution in [2.45, 2.75) is 26.8 Å². The Kier molecular flexibility index (Phi) is 3.93. The van der Waals surface area contributed by atoms with Crippen LogP contribution in [0.3, 0.4) is 0 Å². The fraction of sp³-hybridized carbons (Fsp3) is 0.385. The lowest BCUT2D eigenvalue weighted by atomic mass is 10.1. The molecule has 0 aliphatic carbocycles. The second-order valence-electron chi connectivity index (χ2n) is 4.17. The molecule has 2 rings (SSSR count). The minimum atomic E-state index is 0.207. The molecule has 0 aliphatic rings. The van der Waals surface area contributed by atoms with Gasteiger partial charge in [-0.3, -0.25) is 0 Å². The molecule has 0 aliphatic heterocycles. The van der Waals surface area contributed by atoms with Crippen molar-refractivity contribution in [3.8, 4) is 16.3 Å². The normalized spacial score (nSPS) is 12.6. The van der Waals surface area contributed by atoms with E-state index in [9.17, 15) is 5.11 Å². The van der Waals surface area contributed by atoms with Gasteiger partial charge in [-0.25, -0.2) is 0 Å². The maximum Gasteiger partial charge on any atom is 0.148 e. The summed E-state index contributed by atoms with van der Waals surface area (Å²) >= 11 is 1.56. The highest BCUT2D eigenvalue weighted by Crippen LogP contribution is 2.32. The first kappa shape index (κ1) is 13.0. The fourth-order valence-electron chi connectivity index (χ4n) is 1.77. The molecule has 2 aromatic rings. The molecular formula is C13H17N3OS. The van der Waals surface area contributed by atoms with E-state index >= 15 is 0 Å². The standard InChI is InChI=1S/C13H17N3OS/c1-4-14-9(3)12-15-16-13(18-12)10-6-5-7-11(17)8(10)2/h5-7,9,14,17H,4H2,1-3H3. The Morgan fingerprint density at radius 1 is 1.39 bits per heavy atom. The average Bonchev–Trinajstić information content (AvgIpc) is 2.82. The summed E-state index contributed by atoms with van der Waals surface area (Å²) in [5.41, 5.74) is 1.79. The first-order valence-corrected chi connectivity index (χ1v) is 6.80. The first-order valence-electron chi connectivity index (χ1n) is 5.99. The molecule has 0 bridgehead atoms. The number of aromatic nitrogens is 2. The van der Waals surface area contributed by atoms with Crippen molar-refractivity contribution in [2.75, 3.05) is 6.54 Å². The van der Waals surface area contributed by atoms with Gasteiger partial charge in [0.1, 0.15) is 15.8 Å². The van der Waals surface area contributed by atoms with Crippen LogP contribution in [0.25, 0.3) is 10.6 Å². The minimum Gasteiger partial charge on any atom is -0.508 e. The largest absolute Gasteiger partial charge is 0.508 e. The Balaban J connectivity index is 2.32. The van der Waals surface area contributed by atoms with Crippen LogP contribution in [0, 0.1) is 6.92 Å². The molecule has 1 aromatic heterocycles. The number of phenols is 1.